The first-order valence-corrected chi connectivity index (χ1v) is 12.9. The number of aryl methyl sites for hydroxylation is 1. The molecule has 1 saturated heterocycles. The Labute approximate surface area is 224 Å². The van der Waals surface area contributed by atoms with Crippen LogP contribution >= 0.6 is 0 Å². The van der Waals surface area contributed by atoms with Crippen molar-refractivity contribution < 1.29 is 24.2 Å². The molecule has 0 radical (unpaired) electrons. The number of hydrogen-bond donors (Lipinski definition) is 1. The molecule has 6 heteroatoms. The van der Waals surface area contributed by atoms with Gasteiger partial charge in [-0.1, -0.05) is 50.6 Å². The maximum absolute atomic E-state index is 13.6. The molecule has 0 bridgehead atoms. The molecule has 1 N–H and O–H groups in total. The highest BCUT2D eigenvalue weighted by Gasteiger charge is 2.47. The second kappa shape index (κ2) is 10.7. The first-order valence-electron chi connectivity index (χ1n) is 12.9. The summed E-state index contributed by atoms with van der Waals surface area (Å²) in [5.74, 6) is -0.309. The summed E-state index contributed by atoms with van der Waals surface area (Å²) in [6.45, 7) is 12.9. The third-order valence-corrected chi connectivity index (χ3v) is 6.60. The Kier molecular flexibility index (Phi) is 7.63. The molecule has 6 nitrogen and oxygen atoms in total. The Hall–Kier alpha value is -4.06. The van der Waals surface area contributed by atoms with Gasteiger partial charge in [-0.2, -0.15) is 0 Å². The minimum atomic E-state index is -0.831. The monoisotopic (exact) mass is 513 g/mol. The van der Waals surface area contributed by atoms with Gasteiger partial charge in [0.15, 0.2) is 0 Å². The predicted molar refractivity (Wildman–Crippen MR) is 150 cm³/mol. The summed E-state index contributed by atoms with van der Waals surface area (Å²) in [6, 6.07) is 19.3. The molecular weight excluding hydrogens is 478 g/mol. The molecule has 4 rings (SSSR count). The van der Waals surface area contributed by atoms with Crippen LogP contribution in [0.5, 0.6) is 11.5 Å². The fourth-order valence-corrected chi connectivity index (χ4v) is 4.76. The predicted octanol–water partition coefficient (Wildman–Crippen LogP) is 6.72. The van der Waals surface area contributed by atoms with Crippen LogP contribution < -0.4 is 14.4 Å². The highest BCUT2D eigenvalue weighted by atomic mass is 16.5. The summed E-state index contributed by atoms with van der Waals surface area (Å²) in [4.78, 5) is 28.5. The largest absolute Gasteiger partial charge is 0.507 e. The molecule has 198 valence electrons. The van der Waals surface area contributed by atoms with Crippen molar-refractivity contribution in [3.8, 4) is 11.5 Å². The summed E-state index contributed by atoms with van der Waals surface area (Å²) >= 11 is 0. The Bertz CT molecular complexity index is 1380. The van der Waals surface area contributed by atoms with E-state index in [1.165, 1.54) is 4.90 Å². The number of ether oxygens (including phenoxy) is 2. The molecule has 1 heterocycles. The zero-order valence-electron chi connectivity index (χ0n) is 22.9. The van der Waals surface area contributed by atoms with Crippen LogP contribution in [0.15, 0.2) is 72.3 Å². The number of carbonyl (C=O) groups excluding carboxylic acids is 2. The highest BCUT2D eigenvalue weighted by Crippen LogP contribution is 2.43. The lowest BCUT2D eigenvalue weighted by Gasteiger charge is -2.26. The normalized spacial score (nSPS) is 17.1. The fourth-order valence-electron chi connectivity index (χ4n) is 4.76. The van der Waals surface area contributed by atoms with Crippen LogP contribution in [0.25, 0.3) is 5.76 Å². The number of nitrogens with zero attached hydrogens (tertiary/aromatic N) is 1. The van der Waals surface area contributed by atoms with E-state index in [9.17, 15) is 14.7 Å². The van der Waals surface area contributed by atoms with E-state index in [1.54, 1.807) is 12.1 Å². The maximum atomic E-state index is 13.6. The van der Waals surface area contributed by atoms with Crippen LogP contribution in [-0.2, 0) is 15.0 Å². The number of aliphatic hydroxyl groups excluding tert-OH is 1. The minimum Gasteiger partial charge on any atom is -0.507 e. The topological polar surface area (TPSA) is 76.1 Å². The molecule has 1 unspecified atom stereocenters. The van der Waals surface area contributed by atoms with E-state index in [-0.39, 0.29) is 16.7 Å². The van der Waals surface area contributed by atoms with E-state index in [1.807, 2.05) is 75.4 Å². The van der Waals surface area contributed by atoms with Gasteiger partial charge in [0.25, 0.3) is 11.7 Å². The van der Waals surface area contributed by atoms with Crippen LogP contribution in [0.1, 0.15) is 62.9 Å². The van der Waals surface area contributed by atoms with Crippen LogP contribution in [0.3, 0.4) is 0 Å². The van der Waals surface area contributed by atoms with Crippen LogP contribution in [-0.4, -0.2) is 30.0 Å². The number of anilines is 1. The summed E-state index contributed by atoms with van der Waals surface area (Å²) in [5, 5.41) is 11.6. The quantitative estimate of drug-likeness (QED) is 0.216. The Morgan fingerprint density at radius 2 is 1.61 bits per heavy atom. The first-order chi connectivity index (χ1) is 18.1. The van der Waals surface area contributed by atoms with E-state index >= 15 is 0 Å². The number of carbonyl (C=O) groups is 2. The molecule has 3 aromatic rings. The van der Waals surface area contributed by atoms with Gasteiger partial charge in [0, 0.05) is 16.8 Å². The zero-order chi connectivity index (χ0) is 27.6. The van der Waals surface area contributed by atoms with Crippen molar-refractivity contribution in [3.05, 3.63) is 94.6 Å². The summed E-state index contributed by atoms with van der Waals surface area (Å²) in [5.41, 5.74) is 3.37. The molecule has 38 heavy (non-hydrogen) atoms. The summed E-state index contributed by atoms with van der Waals surface area (Å²) in [7, 11) is 0. The number of Topliss-reactive ketones (excluding diaryl/α,β-unsaturated/α-hetero) is 1. The molecule has 1 fully saturated rings. The average Bonchev–Trinajstić information content (AvgIpc) is 3.14. The molecule has 1 aliphatic heterocycles. The molecule has 0 aliphatic carbocycles. The van der Waals surface area contributed by atoms with Gasteiger partial charge in [-0.05, 0) is 74.2 Å². The van der Waals surface area contributed by atoms with E-state index < -0.39 is 17.7 Å². The van der Waals surface area contributed by atoms with E-state index in [0.717, 1.165) is 16.9 Å². The van der Waals surface area contributed by atoms with E-state index in [0.29, 0.717) is 35.8 Å². The van der Waals surface area contributed by atoms with Crippen molar-refractivity contribution in [2.45, 2.75) is 53.0 Å². The van der Waals surface area contributed by atoms with Crippen molar-refractivity contribution in [3.63, 3.8) is 0 Å². The number of ketones is 1. The first kappa shape index (κ1) is 27.0. The molecule has 0 spiro atoms. The number of amides is 1. The van der Waals surface area contributed by atoms with Crippen molar-refractivity contribution >= 4 is 23.1 Å². The van der Waals surface area contributed by atoms with E-state index in [4.69, 9.17) is 9.47 Å². The van der Waals surface area contributed by atoms with Gasteiger partial charge in [-0.15, -0.1) is 0 Å². The fraction of sp³-hybridized carbons (Fsp3) is 0.312. The van der Waals surface area contributed by atoms with Crippen LogP contribution in [0, 0.1) is 6.92 Å². The molecule has 1 atom stereocenters. The SMILES string of the molecule is CCOc1cccc(C2/C(=C(\O)c3ccc(OCC)c(C(C)(C)C)c3)C(=O)C(=O)N2c2ccc(C)cc2)c1. The lowest BCUT2D eigenvalue weighted by atomic mass is 9.84. The lowest BCUT2D eigenvalue weighted by Crippen LogP contribution is -2.29. The van der Waals surface area contributed by atoms with Gasteiger partial charge in [-0.25, -0.2) is 0 Å². The third-order valence-electron chi connectivity index (χ3n) is 6.60. The highest BCUT2D eigenvalue weighted by molar-refractivity contribution is 6.51. The molecule has 0 saturated carbocycles. The van der Waals surface area contributed by atoms with Crippen molar-refractivity contribution in [2.24, 2.45) is 0 Å². The van der Waals surface area contributed by atoms with Crippen molar-refractivity contribution in [1.29, 1.82) is 0 Å². The standard InChI is InChI=1S/C32H35NO5/c1-7-37-24-11-9-10-21(18-24)28-27(30(35)31(36)33(28)23-15-12-20(3)13-16-23)29(34)22-14-17-26(38-8-2)25(19-22)32(4,5)6/h9-19,28,34H,7-8H2,1-6H3/b29-27+. The molecule has 1 amide bonds. The van der Waals surface area contributed by atoms with Crippen LogP contribution in [0.4, 0.5) is 5.69 Å². The minimum absolute atomic E-state index is 0.0354. The second-order valence-corrected chi connectivity index (χ2v) is 10.4. The van der Waals surface area contributed by atoms with Gasteiger partial charge in [0.1, 0.15) is 17.3 Å². The average molecular weight is 514 g/mol. The van der Waals surface area contributed by atoms with Gasteiger partial charge in [-0.3, -0.25) is 14.5 Å². The number of aliphatic hydroxyl groups is 1. The molecular formula is C32H35NO5. The van der Waals surface area contributed by atoms with Gasteiger partial charge in [0.05, 0.1) is 24.8 Å². The van der Waals surface area contributed by atoms with Gasteiger partial charge < -0.3 is 14.6 Å². The summed E-state index contributed by atoms with van der Waals surface area (Å²) in [6.07, 6.45) is 0. The Balaban J connectivity index is 1.95. The maximum Gasteiger partial charge on any atom is 0.300 e. The molecule has 3 aromatic carbocycles. The lowest BCUT2D eigenvalue weighted by molar-refractivity contribution is -0.132. The third kappa shape index (κ3) is 5.17. The summed E-state index contributed by atoms with van der Waals surface area (Å²) < 4.78 is 11.5. The Morgan fingerprint density at radius 1 is 0.921 bits per heavy atom. The molecule has 1 aliphatic rings. The smallest absolute Gasteiger partial charge is 0.300 e. The number of rotatable bonds is 7. The van der Waals surface area contributed by atoms with Gasteiger partial charge >= 0.3 is 0 Å². The second-order valence-electron chi connectivity index (χ2n) is 10.4. The Morgan fingerprint density at radius 3 is 2.24 bits per heavy atom. The van der Waals surface area contributed by atoms with Gasteiger partial charge in [0.2, 0.25) is 0 Å². The molecule has 0 aromatic heterocycles. The zero-order valence-corrected chi connectivity index (χ0v) is 22.9. The van der Waals surface area contributed by atoms with Crippen molar-refractivity contribution in [1.82, 2.24) is 0 Å². The number of hydrogen-bond acceptors (Lipinski definition) is 5. The van der Waals surface area contributed by atoms with Crippen LogP contribution in [0.2, 0.25) is 0 Å². The van der Waals surface area contributed by atoms with Crippen molar-refractivity contribution in [2.75, 3.05) is 18.1 Å². The van der Waals surface area contributed by atoms with E-state index in [2.05, 4.69) is 20.8 Å². The number of benzene rings is 3.